The monoisotopic (exact) mass is 250 g/mol. The second-order valence-corrected chi connectivity index (χ2v) is 6.47. The normalized spacial score (nSPS) is 21.6. The summed E-state index contributed by atoms with van der Waals surface area (Å²) >= 11 is 4.03. The molecule has 0 aromatic carbocycles. The molecule has 0 aromatic rings. The predicted octanol–water partition coefficient (Wildman–Crippen LogP) is 0.347. The van der Waals surface area contributed by atoms with Crippen LogP contribution in [-0.2, 0) is 0 Å². The maximum atomic E-state index is 9.70. The first-order valence-corrected chi connectivity index (χ1v) is 7.71. The zero-order chi connectivity index (χ0) is 11.1. The van der Waals surface area contributed by atoms with Crippen molar-refractivity contribution in [3.8, 4) is 0 Å². The lowest BCUT2D eigenvalue weighted by Crippen LogP contribution is -2.41. The van der Waals surface area contributed by atoms with E-state index < -0.39 is 0 Å². The van der Waals surface area contributed by atoms with Crippen LogP contribution in [0.25, 0.3) is 0 Å². The second kappa shape index (κ2) is 7.79. The van der Waals surface area contributed by atoms with Gasteiger partial charge < -0.3 is 15.3 Å². The van der Waals surface area contributed by atoms with E-state index in [4.69, 9.17) is 0 Å². The summed E-state index contributed by atoms with van der Waals surface area (Å²) in [5, 5.41) is 13.2. The molecule has 1 saturated heterocycles. The molecule has 1 aliphatic heterocycles. The fourth-order valence-electron chi connectivity index (χ4n) is 1.52. The van der Waals surface area contributed by atoms with E-state index in [9.17, 15) is 5.11 Å². The molecule has 0 aliphatic carbocycles. The van der Waals surface area contributed by atoms with E-state index in [0.717, 1.165) is 6.54 Å². The Morgan fingerprint density at radius 2 is 1.93 bits per heavy atom. The van der Waals surface area contributed by atoms with E-state index in [1.54, 1.807) is 0 Å². The maximum Gasteiger partial charge on any atom is 0.0791 e. The van der Waals surface area contributed by atoms with Gasteiger partial charge in [0.05, 0.1) is 6.10 Å². The third-order valence-corrected chi connectivity index (χ3v) is 4.75. The quantitative estimate of drug-likeness (QED) is 0.736. The van der Waals surface area contributed by atoms with Gasteiger partial charge in [-0.3, -0.25) is 0 Å². The molecule has 1 fully saturated rings. The van der Waals surface area contributed by atoms with Crippen LogP contribution in [0.5, 0.6) is 0 Å². The molecule has 0 spiro atoms. The Morgan fingerprint density at radius 1 is 1.33 bits per heavy atom. The molecule has 15 heavy (non-hydrogen) atoms. The summed E-state index contributed by atoms with van der Waals surface area (Å²) in [6, 6.07) is 0.569. The molecule has 2 N–H and O–H groups in total. The Hall–Kier alpha value is 0.580. The lowest BCUT2D eigenvalue weighted by Gasteiger charge is -2.20. The molecule has 0 saturated carbocycles. The Bertz CT molecular complexity index is 162. The number of aliphatic hydroxyl groups excluding tert-OH is 1. The van der Waals surface area contributed by atoms with Gasteiger partial charge in [-0.25, -0.2) is 0 Å². The van der Waals surface area contributed by atoms with Gasteiger partial charge in [-0.05, 0) is 14.1 Å². The van der Waals surface area contributed by atoms with Gasteiger partial charge >= 0.3 is 0 Å². The van der Waals surface area contributed by atoms with Crippen LogP contribution >= 0.6 is 23.5 Å². The molecule has 1 aliphatic rings. The zero-order valence-electron chi connectivity index (χ0n) is 9.61. The van der Waals surface area contributed by atoms with Crippen molar-refractivity contribution in [1.82, 2.24) is 10.2 Å². The van der Waals surface area contributed by atoms with Crippen molar-refractivity contribution >= 4 is 23.5 Å². The Morgan fingerprint density at radius 3 is 2.47 bits per heavy atom. The minimum atomic E-state index is -0.252. The van der Waals surface area contributed by atoms with Gasteiger partial charge in [0, 0.05) is 42.1 Å². The highest BCUT2D eigenvalue weighted by Gasteiger charge is 2.14. The van der Waals surface area contributed by atoms with Gasteiger partial charge in [-0.15, -0.1) is 0 Å². The minimum Gasteiger partial charge on any atom is -0.390 e. The van der Waals surface area contributed by atoms with Crippen LogP contribution in [0.15, 0.2) is 0 Å². The van der Waals surface area contributed by atoms with Crippen molar-refractivity contribution in [1.29, 1.82) is 0 Å². The molecule has 90 valence electrons. The SMILES string of the molecule is CN(C)CC(O)CNC1CSCCSC1. The number of nitrogens with zero attached hydrogens (tertiary/aromatic N) is 1. The van der Waals surface area contributed by atoms with Crippen molar-refractivity contribution in [2.24, 2.45) is 0 Å². The van der Waals surface area contributed by atoms with Crippen molar-refractivity contribution in [2.75, 3.05) is 50.2 Å². The van der Waals surface area contributed by atoms with Gasteiger partial charge in [0.2, 0.25) is 0 Å². The summed E-state index contributed by atoms with van der Waals surface area (Å²) < 4.78 is 0. The van der Waals surface area contributed by atoms with Crippen LogP contribution in [0.2, 0.25) is 0 Å². The Balaban J connectivity index is 2.11. The van der Waals surface area contributed by atoms with Crippen molar-refractivity contribution in [3.63, 3.8) is 0 Å². The first kappa shape index (κ1) is 13.6. The predicted molar refractivity (Wildman–Crippen MR) is 71.0 cm³/mol. The lowest BCUT2D eigenvalue weighted by atomic mass is 10.3. The standard InChI is InChI=1S/C10H22N2OS2/c1-12(2)6-10(13)5-11-9-7-14-3-4-15-8-9/h9-11,13H,3-8H2,1-2H3. The highest BCUT2D eigenvalue weighted by molar-refractivity contribution is 8.03. The van der Waals surface area contributed by atoms with Gasteiger partial charge in [-0.2, -0.15) is 23.5 Å². The molecule has 0 radical (unpaired) electrons. The van der Waals surface area contributed by atoms with Gasteiger partial charge in [0.15, 0.2) is 0 Å². The van der Waals surface area contributed by atoms with Crippen LogP contribution < -0.4 is 5.32 Å². The van der Waals surface area contributed by atoms with Crippen molar-refractivity contribution in [2.45, 2.75) is 12.1 Å². The number of hydrogen-bond acceptors (Lipinski definition) is 5. The summed E-state index contributed by atoms with van der Waals surface area (Å²) in [5.41, 5.74) is 0. The molecule has 1 rings (SSSR count). The van der Waals surface area contributed by atoms with Gasteiger partial charge in [-0.1, -0.05) is 0 Å². The number of nitrogens with one attached hydrogen (secondary N) is 1. The van der Waals surface area contributed by atoms with Gasteiger partial charge in [0.25, 0.3) is 0 Å². The molecule has 0 aromatic heterocycles. The summed E-state index contributed by atoms with van der Waals surface area (Å²) in [7, 11) is 3.97. The summed E-state index contributed by atoms with van der Waals surface area (Å²) in [4.78, 5) is 2.02. The first-order valence-electron chi connectivity index (χ1n) is 5.40. The minimum absolute atomic E-state index is 0.252. The van der Waals surface area contributed by atoms with Crippen LogP contribution in [0, 0.1) is 0 Å². The molecule has 1 atom stereocenters. The van der Waals surface area contributed by atoms with Crippen LogP contribution in [0.3, 0.4) is 0 Å². The van der Waals surface area contributed by atoms with Crippen LogP contribution in [0.4, 0.5) is 0 Å². The lowest BCUT2D eigenvalue weighted by molar-refractivity contribution is 0.133. The van der Waals surface area contributed by atoms with Crippen LogP contribution in [-0.4, -0.2) is 72.3 Å². The largest absolute Gasteiger partial charge is 0.390 e. The maximum absolute atomic E-state index is 9.70. The van der Waals surface area contributed by atoms with Gasteiger partial charge in [0.1, 0.15) is 0 Å². The summed E-state index contributed by atoms with van der Waals surface area (Å²) in [6.07, 6.45) is -0.252. The average molecular weight is 250 g/mol. The van der Waals surface area contributed by atoms with E-state index in [-0.39, 0.29) is 6.10 Å². The fraction of sp³-hybridized carbons (Fsp3) is 1.00. The molecule has 1 unspecified atom stereocenters. The zero-order valence-corrected chi connectivity index (χ0v) is 11.2. The number of aliphatic hydroxyl groups is 1. The van der Waals surface area contributed by atoms with Crippen molar-refractivity contribution in [3.05, 3.63) is 0 Å². The molecule has 5 heteroatoms. The average Bonchev–Trinajstić information content (AvgIpc) is 2.41. The fourth-order valence-corrected chi connectivity index (χ4v) is 3.99. The molecule has 0 bridgehead atoms. The second-order valence-electron chi connectivity index (χ2n) is 4.17. The van der Waals surface area contributed by atoms with E-state index >= 15 is 0 Å². The Labute approximate surface area is 101 Å². The number of thioether (sulfide) groups is 2. The van der Waals surface area contributed by atoms with E-state index in [1.165, 1.54) is 23.0 Å². The molecular weight excluding hydrogens is 228 g/mol. The molecule has 1 heterocycles. The van der Waals surface area contributed by atoms with E-state index in [0.29, 0.717) is 12.6 Å². The number of rotatable bonds is 5. The number of likely N-dealkylation sites (N-methyl/N-ethyl adjacent to an activating group) is 1. The Kier molecular flexibility index (Phi) is 7.08. The molecule has 0 amide bonds. The number of hydrogen-bond donors (Lipinski definition) is 2. The van der Waals surface area contributed by atoms with E-state index in [2.05, 4.69) is 5.32 Å². The molecular formula is C10H22N2OS2. The highest BCUT2D eigenvalue weighted by Crippen LogP contribution is 2.16. The molecule has 3 nitrogen and oxygen atoms in total. The third-order valence-electron chi connectivity index (χ3n) is 2.23. The first-order chi connectivity index (χ1) is 7.18. The van der Waals surface area contributed by atoms with E-state index in [1.807, 2.05) is 42.5 Å². The summed E-state index contributed by atoms with van der Waals surface area (Å²) in [6.45, 7) is 1.45. The smallest absolute Gasteiger partial charge is 0.0791 e. The summed E-state index contributed by atoms with van der Waals surface area (Å²) in [5.74, 6) is 4.90. The highest BCUT2D eigenvalue weighted by atomic mass is 32.2. The van der Waals surface area contributed by atoms with Crippen LogP contribution in [0.1, 0.15) is 0 Å². The van der Waals surface area contributed by atoms with Crippen molar-refractivity contribution < 1.29 is 5.11 Å². The topological polar surface area (TPSA) is 35.5 Å². The third kappa shape index (κ3) is 6.68.